The number of rotatable bonds is 5. The molecule has 0 spiro atoms. The fraction of sp³-hybridized carbons (Fsp3) is 0.571. The van der Waals surface area contributed by atoms with E-state index >= 15 is 0 Å². The van der Waals surface area contributed by atoms with Crippen LogP contribution in [0.15, 0.2) is 18.2 Å². The molecule has 0 saturated heterocycles. The monoisotopic (exact) mass is 221 g/mol. The second-order valence-electron chi connectivity index (χ2n) is 4.58. The van der Waals surface area contributed by atoms with Crippen molar-refractivity contribution in [2.24, 2.45) is 5.73 Å². The van der Waals surface area contributed by atoms with Crippen LogP contribution in [0.25, 0.3) is 0 Å². The molecule has 0 aliphatic carbocycles. The van der Waals surface area contributed by atoms with Crippen LogP contribution in [0.5, 0.6) is 5.75 Å². The first-order valence-corrected chi connectivity index (χ1v) is 6.05. The molecule has 0 fully saturated rings. The standard InChI is InChI=1S/C14H23NO/c1-5-12(9-15)16-14-8-11(4)6-7-13(14)10(2)3/h6-8,10,12H,5,9,15H2,1-4H3. The van der Waals surface area contributed by atoms with Crippen LogP contribution >= 0.6 is 0 Å². The predicted molar refractivity (Wildman–Crippen MR) is 69.0 cm³/mol. The van der Waals surface area contributed by atoms with Crippen molar-refractivity contribution in [1.29, 1.82) is 0 Å². The molecular formula is C14H23NO. The Hall–Kier alpha value is -1.02. The molecule has 1 aromatic rings. The van der Waals surface area contributed by atoms with Crippen LogP contribution in [-0.2, 0) is 0 Å². The maximum absolute atomic E-state index is 5.96. The van der Waals surface area contributed by atoms with E-state index in [0.717, 1.165) is 12.2 Å². The van der Waals surface area contributed by atoms with E-state index in [1.54, 1.807) is 0 Å². The third-order valence-electron chi connectivity index (χ3n) is 2.80. The minimum atomic E-state index is 0.124. The van der Waals surface area contributed by atoms with Crippen molar-refractivity contribution in [3.05, 3.63) is 29.3 Å². The number of aryl methyl sites for hydroxylation is 1. The Morgan fingerprint density at radius 2 is 2.00 bits per heavy atom. The fourth-order valence-electron chi connectivity index (χ4n) is 1.70. The van der Waals surface area contributed by atoms with Gasteiger partial charge in [0.15, 0.2) is 0 Å². The van der Waals surface area contributed by atoms with E-state index in [1.165, 1.54) is 11.1 Å². The Kier molecular flexibility index (Phi) is 4.81. The molecule has 0 amide bonds. The molecule has 0 aliphatic rings. The van der Waals surface area contributed by atoms with Crippen LogP contribution in [0.4, 0.5) is 0 Å². The van der Waals surface area contributed by atoms with Gasteiger partial charge in [-0.2, -0.15) is 0 Å². The molecule has 0 saturated carbocycles. The summed E-state index contributed by atoms with van der Waals surface area (Å²) in [6.45, 7) is 9.12. The summed E-state index contributed by atoms with van der Waals surface area (Å²) in [6, 6.07) is 6.39. The highest BCUT2D eigenvalue weighted by molar-refractivity contribution is 5.39. The summed E-state index contributed by atoms with van der Waals surface area (Å²) in [4.78, 5) is 0. The SMILES string of the molecule is CCC(CN)Oc1cc(C)ccc1C(C)C. The predicted octanol–water partition coefficient (Wildman–Crippen LogP) is 3.23. The van der Waals surface area contributed by atoms with Crippen molar-refractivity contribution in [3.8, 4) is 5.75 Å². The van der Waals surface area contributed by atoms with E-state index in [4.69, 9.17) is 10.5 Å². The molecule has 1 atom stereocenters. The summed E-state index contributed by atoms with van der Waals surface area (Å²) in [5, 5.41) is 0. The van der Waals surface area contributed by atoms with Crippen molar-refractivity contribution < 1.29 is 4.74 Å². The normalized spacial score (nSPS) is 12.9. The lowest BCUT2D eigenvalue weighted by molar-refractivity contribution is 0.202. The average molecular weight is 221 g/mol. The lowest BCUT2D eigenvalue weighted by Gasteiger charge is -2.20. The van der Waals surface area contributed by atoms with Gasteiger partial charge in [0.05, 0.1) is 0 Å². The summed E-state index contributed by atoms with van der Waals surface area (Å²) in [7, 11) is 0. The summed E-state index contributed by atoms with van der Waals surface area (Å²) in [5.74, 6) is 1.47. The molecule has 2 heteroatoms. The van der Waals surface area contributed by atoms with Crippen LogP contribution < -0.4 is 10.5 Å². The van der Waals surface area contributed by atoms with Gasteiger partial charge in [0, 0.05) is 6.54 Å². The first-order chi connectivity index (χ1) is 7.58. The molecule has 1 rings (SSSR count). The number of hydrogen-bond donors (Lipinski definition) is 1. The Morgan fingerprint density at radius 1 is 1.31 bits per heavy atom. The topological polar surface area (TPSA) is 35.2 Å². The second-order valence-corrected chi connectivity index (χ2v) is 4.58. The van der Waals surface area contributed by atoms with E-state index in [-0.39, 0.29) is 6.10 Å². The molecule has 0 heterocycles. The lowest BCUT2D eigenvalue weighted by Crippen LogP contribution is -2.26. The Bertz CT molecular complexity index is 330. The van der Waals surface area contributed by atoms with Gasteiger partial charge in [-0.15, -0.1) is 0 Å². The molecule has 16 heavy (non-hydrogen) atoms. The van der Waals surface area contributed by atoms with Gasteiger partial charge in [-0.3, -0.25) is 0 Å². The van der Waals surface area contributed by atoms with Gasteiger partial charge in [-0.05, 0) is 36.5 Å². The van der Waals surface area contributed by atoms with Crippen LogP contribution in [0.3, 0.4) is 0 Å². The van der Waals surface area contributed by atoms with Gasteiger partial charge in [0.1, 0.15) is 11.9 Å². The molecule has 90 valence electrons. The maximum atomic E-state index is 5.96. The highest BCUT2D eigenvalue weighted by Crippen LogP contribution is 2.28. The van der Waals surface area contributed by atoms with Gasteiger partial charge < -0.3 is 10.5 Å². The van der Waals surface area contributed by atoms with E-state index in [9.17, 15) is 0 Å². The van der Waals surface area contributed by atoms with E-state index in [0.29, 0.717) is 12.5 Å². The van der Waals surface area contributed by atoms with Gasteiger partial charge in [0.2, 0.25) is 0 Å². The van der Waals surface area contributed by atoms with E-state index in [2.05, 4.69) is 45.9 Å². The number of benzene rings is 1. The zero-order valence-electron chi connectivity index (χ0n) is 10.8. The first kappa shape index (κ1) is 13.0. The summed E-state index contributed by atoms with van der Waals surface area (Å²) >= 11 is 0. The van der Waals surface area contributed by atoms with Crippen molar-refractivity contribution in [2.45, 2.75) is 46.1 Å². The Morgan fingerprint density at radius 3 is 2.50 bits per heavy atom. The molecule has 1 aromatic carbocycles. The van der Waals surface area contributed by atoms with Gasteiger partial charge in [-0.25, -0.2) is 0 Å². The minimum Gasteiger partial charge on any atom is -0.489 e. The van der Waals surface area contributed by atoms with Crippen LogP contribution in [0.2, 0.25) is 0 Å². The third-order valence-corrected chi connectivity index (χ3v) is 2.80. The second kappa shape index (κ2) is 5.90. The Balaban J connectivity index is 2.95. The fourth-order valence-corrected chi connectivity index (χ4v) is 1.70. The largest absolute Gasteiger partial charge is 0.489 e. The zero-order valence-corrected chi connectivity index (χ0v) is 10.8. The van der Waals surface area contributed by atoms with Crippen LogP contribution in [0.1, 0.15) is 44.2 Å². The van der Waals surface area contributed by atoms with Gasteiger partial charge >= 0.3 is 0 Å². The quantitative estimate of drug-likeness (QED) is 0.828. The van der Waals surface area contributed by atoms with Gasteiger partial charge in [-0.1, -0.05) is 32.9 Å². The Labute approximate surface area is 98.8 Å². The average Bonchev–Trinajstić information content (AvgIpc) is 2.25. The van der Waals surface area contributed by atoms with Crippen molar-refractivity contribution in [1.82, 2.24) is 0 Å². The third kappa shape index (κ3) is 3.24. The van der Waals surface area contributed by atoms with Crippen LogP contribution in [0, 0.1) is 6.92 Å². The number of hydrogen-bond acceptors (Lipinski definition) is 2. The van der Waals surface area contributed by atoms with Crippen molar-refractivity contribution in [2.75, 3.05) is 6.54 Å². The molecule has 0 radical (unpaired) electrons. The number of nitrogens with two attached hydrogens (primary N) is 1. The molecular weight excluding hydrogens is 198 g/mol. The summed E-state index contributed by atoms with van der Waals surface area (Å²) < 4.78 is 5.96. The molecule has 2 N–H and O–H groups in total. The first-order valence-electron chi connectivity index (χ1n) is 6.05. The van der Waals surface area contributed by atoms with Crippen molar-refractivity contribution >= 4 is 0 Å². The highest BCUT2D eigenvalue weighted by Gasteiger charge is 2.12. The summed E-state index contributed by atoms with van der Waals surface area (Å²) in [5.41, 5.74) is 8.16. The highest BCUT2D eigenvalue weighted by atomic mass is 16.5. The minimum absolute atomic E-state index is 0.124. The van der Waals surface area contributed by atoms with E-state index < -0.39 is 0 Å². The lowest BCUT2D eigenvalue weighted by atomic mass is 10.0. The molecule has 1 unspecified atom stereocenters. The van der Waals surface area contributed by atoms with Crippen LogP contribution in [-0.4, -0.2) is 12.6 Å². The smallest absolute Gasteiger partial charge is 0.123 e. The van der Waals surface area contributed by atoms with Gasteiger partial charge in [0.25, 0.3) is 0 Å². The molecule has 0 aromatic heterocycles. The maximum Gasteiger partial charge on any atom is 0.123 e. The number of ether oxygens (including phenoxy) is 1. The van der Waals surface area contributed by atoms with E-state index in [1.807, 2.05) is 0 Å². The summed E-state index contributed by atoms with van der Waals surface area (Å²) in [6.07, 6.45) is 1.07. The molecule has 0 bridgehead atoms. The molecule has 2 nitrogen and oxygen atoms in total. The zero-order chi connectivity index (χ0) is 12.1. The molecule has 0 aliphatic heterocycles. The van der Waals surface area contributed by atoms with Crippen molar-refractivity contribution in [3.63, 3.8) is 0 Å².